The summed E-state index contributed by atoms with van der Waals surface area (Å²) in [5.74, 6) is -2.90. The Hall–Kier alpha value is -1.88. The molecule has 0 aliphatic heterocycles. The van der Waals surface area contributed by atoms with Gasteiger partial charge in [-0.05, 0) is 44.0 Å². The molecule has 0 radical (unpaired) electrons. The van der Waals surface area contributed by atoms with Crippen LogP contribution in [0.5, 0.6) is 0 Å². The van der Waals surface area contributed by atoms with Crippen LogP contribution in [0, 0.1) is 13.8 Å². The molecular weight excluding hydrogens is 316 g/mol. The Labute approximate surface area is 139 Å². The first-order valence-corrected chi connectivity index (χ1v) is 8.18. The fraction of sp³-hybridized carbons (Fsp3) is 0.278. The van der Waals surface area contributed by atoms with Crippen LogP contribution in [0.15, 0.2) is 47.4 Å². The SMILES string of the molecule is Cc1ccc(C)c([C@@H](C)NC(=O)c2ccccc2SC(F)F)c1. The molecule has 2 aromatic rings. The maximum Gasteiger partial charge on any atom is 0.288 e. The van der Waals surface area contributed by atoms with Gasteiger partial charge >= 0.3 is 0 Å². The van der Waals surface area contributed by atoms with Gasteiger partial charge < -0.3 is 5.32 Å². The van der Waals surface area contributed by atoms with Crippen molar-refractivity contribution in [2.45, 2.75) is 37.5 Å². The first-order chi connectivity index (χ1) is 10.9. The third kappa shape index (κ3) is 4.55. The van der Waals surface area contributed by atoms with Crippen molar-refractivity contribution in [3.63, 3.8) is 0 Å². The largest absolute Gasteiger partial charge is 0.345 e. The molecule has 1 N–H and O–H groups in total. The van der Waals surface area contributed by atoms with Crippen LogP contribution in [0.3, 0.4) is 0 Å². The van der Waals surface area contributed by atoms with Gasteiger partial charge in [0.25, 0.3) is 11.7 Å². The van der Waals surface area contributed by atoms with Crippen LogP contribution >= 0.6 is 11.8 Å². The van der Waals surface area contributed by atoms with Gasteiger partial charge in [-0.25, -0.2) is 0 Å². The second-order valence-electron chi connectivity index (χ2n) is 5.43. The minimum absolute atomic E-state index is 0.202. The number of amides is 1. The van der Waals surface area contributed by atoms with E-state index in [-0.39, 0.29) is 22.4 Å². The van der Waals surface area contributed by atoms with Gasteiger partial charge in [0, 0.05) is 4.90 Å². The van der Waals surface area contributed by atoms with Crippen molar-refractivity contribution in [1.29, 1.82) is 0 Å². The summed E-state index contributed by atoms with van der Waals surface area (Å²) >= 11 is 0.388. The molecule has 0 aliphatic carbocycles. The zero-order valence-electron chi connectivity index (χ0n) is 13.3. The second kappa shape index (κ2) is 7.59. The fourth-order valence-electron chi connectivity index (χ4n) is 2.43. The molecule has 1 amide bonds. The predicted octanol–water partition coefficient (Wildman–Crippen LogP) is 5.11. The minimum atomic E-state index is -2.56. The van der Waals surface area contributed by atoms with Crippen LogP contribution < -0.4 is 5.32 Å². The highest BCUT2D eigenvalue weighted by molar-refractivity contribution is 7.99. The van der Waals surface area contributed by atoms with Gasteiger partial charge in [0.15, 0.2) is 0 Å². The van der Waals surface area contributed by atoms with Crippen LogP contribution in [0.25, 0.3) is 0 Å². The van der Waals surface area contributed by atoms with Gasteiger partial charge in [-0.2, -0.15) is 8.78 Å². The van der Waals surface area contributed by atoms with Crippen LogP contribution in [0.2, 0.25) is 0 Å². The average molecular weight is 335 g/mol. The Balaban J connectivity index is 2.20. The van der Waals surface area contributed by atoms with E-state index in [1.807, 2.05) is 39.0 Å². The van der Waals surface area contributed by atoms with Gasteiger partial charge in [-0.1, -0.05) is 47.7 Å². The van der Waals surface area contributed by atoms with E-state index in [9.17, 15) is 13.6 Å². The number of alkyl halides is 2. The van der Waals surface area contributed by atoms with E-state index in [1.54, 1.807) is 18.2 Å². The Bertz CT molecular complexity index is 703. The summed E-state index contributed by atoms with van der Waals surface area (Å²) in [6, 6.07) is 12.3. The lowest BCUT2D eigenvalue weighted by Gasteiger charge is -2.18. The number of thioether (sulfide) groups is 1. The van der Waals surface area contributed by atoms with Gasteiger partial charge in [0.05, 0.1) is 11.6 Å². The van der Waals surface area contributed by atoms with Gasteiger partial charge in [0.1, 0.15) is 0 Å². The summed E-state index contributed by atoms with van der Waals surface area (Å²) in [5, 5.41) is 2.90. The lowest BCUT2D eigenvalue weighted by molar-refractivity contribution is 0.0937. The molecule has 0 bridgehead atoms. The van der Waals surface area contributed by atoms with E-state index >= 15 is 0 Å². The molecule has 0 aromatic heterocycles. The molecule has 2 nitrogen and oxygen atoms in total. The monoisotopic (exact) mass is 335 g/mol. The molecule has 0 unspecified atom stereocenters. The van der Waals surface area contributed by atoms with E-state index in [2.05, 4.69) is 5.32 Å². The zero-order valence-corrected chi connectivity index (χ0v) is 14.1. The summed E-state index contributed by atoms with van der Waals surface area (Å²) in [5.41, 5.74) is 3.49. The van der Waals surface area contributed by atoms with Crippen LogP contribution in [0.1, 0.15) is 40.0 Å². The summed E-state index contributed by atoms with van der Waals surface area (Å²) in [6.45, 7) is 5.87. The maximum absolute atomic E-state index is 12.6. The van der Waals surface area contributed by atoms with Crippen LogP contribution in [0.4, 0.5) is 8.78 Å². The van der Waals surface area contributed by atoms with Gasteiger partial charge in [0.2, 0.25) is 0 Å². The first-order valence-electron chi connectivity index (χ1n) is 7.30. The van der Waals surface area contributed by atoms with Crippen molar-refractivity contribution >= 4 is 17.7 Å². The molecular formula is C18H19F2NOS. The Morgan fingerprint density at radius 1 is 1.13 bits per heavy atom. The molecule has 0 aliphatic rings. The minimum Gasteiger partial charge on any atom is -0.345 e. The third-order valence-electron chi connectivity index (χ3n) is 3.60. The molecule has 0 fully saturated rings. The van der Waals surface area contributed by atoms with Crippen molar-refractivity contribution in [2.75, 3.05) is 0 Å². The first kappa shape index (κ1) is 17.5. The van der Waals surface area contributed by atoms with E-state index in [0.29, 0.717) is 11.8 Å². The third-order valence-corrected chi connectivity index (χ3v) is 4.38. The molecule has 2 rings (SSSR count). The number of benzene rings is 2. The molecule has 0 heterocycles. The molecule has 2 aromatic carbocycles. The highest BCUT2D eigenvalue weighted by atomic mass is 32.2. The smallest absolute Gasteiger partial charge is 0.288 e. The van der Waals surface area contributed by atoms with Crippen molar-refractivity contribution in [3.8, 4) is 0 Å². The molecule has 5 heteroatoms. The molecule has 0 saturated heterocycles. The van der Waals surface area contributed by atoms with Crippen LogP contribution in [-0.4, -0.2) is 11.7 Å². The van der Waals surface area contributed by atoms with Crippen molar-refractivity contribution in [2.24, 2.45) is 0 Å². The number of carbonyl (C=O) groups is 1. The summed E-state index contributed by atoms with van der Waals surface area (Å²) in [4.78, 5) is 12.7. The Kier molecular flexibility index (Phi) is 5.77. The van der Waals surface area contributed by atoms with E-state index in [4.69, 9.17) is 0 Å². The highest BCUT2D eigenvalue weighted by Crippen LogP contribution is 2.29. The molecule has 1 atom stereocenters. The van der Waals surface area contributed by atoms with Crippen molar-refractivity contribution < 1.29 is 13.6 Å². The summed E-state index contributed by atoms with van der Waals surface area (Å²) in [6.07, 6.45) is 0. The molecule has 0 spiro atoms. The predicted molar refractivity (Wildman–Crippen MR) is 90.1 cm³/mol. The fourth-order valence-corrected chi connectivity index (χ4v) is 3.07. The van der Waals surface area contributed by atoms with E-state index in [0.717, 1.165) is 16.7 Å². The van der Waals surface area contributed by atoms with Gasteiger partial charge in [-0.3, -0.25) is 4.79 Å². The lowest BCUT2D eigenvalue weighted by atomic mass is 10.00. The van der Waals surface area contributed by atoms with Crippen molar-refractivity contribution in [3.05, 3.63) is 64.7 Å². The van der Waals surface area contributed by atoms with Gasteiger partial charge in [-0.15, -0.1) is 0 Å². The van der Waals surface area contributed by atoms with E-state index < -0.39 is 5.76 Å². The number of nitrogens with one attached hydrogen (secondary N) is 1. The van der Waals surface area contributed by atoms with Crippen molar-refractivity contribution in [1.82, 2.24) is 5.32 Å². The topological polar surface area (TPSA) is 29.1 Å². The highest BCUT2D eigenvalue weighted by Gasteiger charge is 2.18. The number of rotatable bonds is 5. The number of carbonyl (C=O) groups excluding carboxylic acids is 1. The van der Waals surface area contributed by atoms with E-state index in [1.165, 1.54) is 6.07 Å². The standard InChI is InChI=1S/C18H19F2NOS/c1-11-8-9-12(2)15(10-11)13(3)21-17(22)14-6-4-5-7-16(14)23-18(19)20/h4-10,13,18H,1-3H3,(H,21,22)/t13-/m1/s1. The number of halogens is 2. The maximum atomic E-state index is 12.6. The zero-order chi connectivity index (χ0) is 17.0. The Morgan fingerprint density at radius 3 is 2.52 bits per heavy atom. The summed E-state index contributed by atoms with van der Waals surface area (Å²) in [7, 11) is 0. The second-order valence-corrected chi connectivity index (χ2v) is 6.46. The molecule has 122 valence electrons. The number of hydrogen-bond donors (Lipinski definition) is 1. The Morgan fingerprint density at radius 2 is 1.83 bits per heavy atom. The normalized spacial score (nSPS) is 12.3. The molecule has 23 heavy (non-hydrogen) atoms. The number of aryl methyl sites for hydroxylation is 2. The van der Waals surface area contributed by atoms with Crippen LogP contribution in [-0.2, 0) is 0 Å². The summed E-state index contributed by atoms with van der Waals surface area (Å²) < 4.78 is 25.2. The molecule has 0 saturated carbocycles. The average Bonchev–Trinajstić information content (AvgIpc) is 2.49. The number of hydrogen-bond acceptors (Lipinski definition) is 2. The quantitative estimate of drug-likeness (QED) is 0.769. The lowest BCUT2D eigenvalue weighted by Crippen LogP contribution is -2.27.